The van der Waals surface area contributed by atoms with Gasteiger partial charge in [0.15, 0.2) is 0 Å². The summed E-state index contributed by atoms with van der Waals surface area (Å²) in [5, 5.41) is 21.3. The van der Waals surface area contributed by atoms with Crippen molar-refractivity contribution in [2.45, 2.75) is 0 Å². The lowest BCUT2D eigenvalue weighted by Gasteiger charge is -1.98. The first-order valence-corrected chi connectivity index (χ1v) is 8.46. The first-order chi connectivity index (χ1) is 13.5. The van der Waals surface area contributed by atoms with Crippen molar-refractivity contribution in [3.63, 3.8) is 0 Å². The SMILES string of the molecule is O=[N+]([O-])c1ccc(/C=C/c2ccc(/C=C/c3ccc([N+](=O)[O-])cc3)cc2)cc1. The van der Waals surface area contributed by atoms with Crippen molar-refractivity contribution in [2.75, 3.05) is 0 Å². The van der Waals surface area contributed by atoms with E-state index in [4.69, 9.17) is 0 Å². The van der Waals surface area contributed by atoms with Gasteiger partial charge >= 0.3 is 0 Å². The Morgan fingerprint density at radius 2 is 0.679 bits per heavy atom. The second kappa shape index (κ2) is 8.55. The molecule has 0 fully saturated rings. The molecule has 0 heterocycles. The Morgan fingerprint density at radius 3 is 0.893 bits per heavy atom. The van der Waals surface area contributed by atoms with E-state index in [-0.39, 0.29) is 11.4 Å². The molecule has 138 valence electrons. The monoisotopic (exact) mass is 372 g/mol. The Bertz CT molecular complexity index is 949. The number of non-ortho nitro benzene ring substituents is 2. The van der Waals surface area contributed by atoms with Gasteiger partial charge in [-0.1, -0.05) is 48.6 Å². The summed E-state index contributed by atoms with van der Waals surface area (Å²) in [5.41, 5.74) is 3.92. The third kappa shape index (κ3) is 4.98. The molecule has 28 heavy (non-hydrogen) atoms. The summed E-state index contributed by atoms with van der Waals surface area (Å²) >= 11 is 0. The van der Waals surface area contributed by atoms with Gasteiger partial charge in [0.25, 0.3) is 11.4 Å². The van der Waals surface area contributed by atoms with Crippen LogP contribution in [0.25, 0.3) is 24.3 Å². The number of nitro benzene ring substituents is 2. The molecule has 0 aliphatic carbocycles. The largest absolute Gasteiger partial charge is 0.269 e. The first kappa shape index (κ1) is 18.7. The fraction of sp³-hybridized carbons (Fsp3) is 0. The van der Waals surface area contributed by atoms with Gasteiger partial charge in [0.1, 0.15) is 0 Å². The highest BCUT2D eigenvalue weighted by Crippen LogP contribution is 2.17. The molecule has 0 radical (unpaired) electrons. The van der Waals surface area contributed by atoms with E-state index in [1.165, 1.54) is 24.3 Å². The Morgan fingerprint density at radius 1 is 0.464 bits per heavy atom. The van der Waals surface area contributed by atoms with Crippen LogP contribution in [0.4, 0.5) is 11.4 Å². The zero-order valence-corrected chi connectivity index (χ0v) is 14.8. The molecule has 0 spiro atoms. The third-order valence-electron chi connectivity index (χ3n) is 4.08. The molecule has 0 atom stereocenters. The Kier molecular flexibility index (Phi) is 5.72. The standard InChI is InChI=1S/C22H16N2O4/c25-23(26)21-13-9-19(10-14-21)7-5-17-1-2-18(4-3-17)6-8-20-11-15-22(16-12-20)24(27)28/h1-16H/b7-5+,8-6+. The van der Waals surface area contributed by atoms with Crippen LogP contribution in [0.3, 0.4) is 0 Å². The van der Waals surface area contributed by atoms with Crippen molar-refractivity contribution >= 4 is 35.7 Å². The number of benzene rings is 3. The molecule has 0 aliphatic heterocycles. The van der Waals surface area contributed by atoms with Crippen molar-refractivity contribution in [1.29, 1.82) is 0 Å². The maximum absolute atomic E-state index is 10.7. The van der Waals surface area contributed by atoms with Gasteiger partial charge in [-0.25, -0.2) is 0 Å². The van der Waals surface area contributed by atoms with Crippen LogP contribution in [-0.4, -0.2) is 9.85 Å². The van der Waals surface area contributed by atoms with E-state index >= 15 is 0 Å². The van der Waals surface area contributed by atoms with Crippen LogP contribution in [-0.2, 0) is 0 Å². The van der Waals surface area contributed by atoms with Crippen LogP contribution < -0.4 is 0 Å². The van der Waals surface area contributed by atoms with Crippen LogP contribution in [0.2, 0.25) is 0 Å². The van der Waals surface area contributed by atoms with Crippen molar-refractivity contribution < 1.29 is 9.85 Å². The van der Waals surface area contributed by atoms with E-state index in [9.17, 15) is 20.2 Å². The van der Waals surface area contributed by atoms with Gasteiger partial charge in [0.05, 0.1) is 9.85 Å². The molecule has 3 aromatic carbocycles. The first-order valence-electron chi connectivity index (χ1n) is 8.46. The normalized spacial score (nSPS) is 11.1. The fourth-order valence-electron chi connectivity index (χ4n) is 2.52. The lowest BCUT2D eigenvalue weighted by atomic mass is 10.1. The molecule has 6 nitrogen and oxygen atoms in total. The van der Waals surface area contributed by atoms with Crippen LogP contribution in [0.5, 0.6) is 0 Å². The molecular formula is C22H16N2O4. The molecule has 0 N–H and O–H groups in total. The average molecular weight is 372 g/mol. The zero-order valence-electron chi connectivity index (χ0n) is 14.8. The molecule has 3 rings (SSSR count). The van der Waals surface area contributed by atoms with Gasteiger partial charge in [-0.3, -0.25) is 20.2 Å². The maximum atomic E-state index is 10.7. The summed E-state index contributed by atoms with van der Waals surface area (Å²) < 4.78 is 0. The number of hydrogen-bond donors (Lipinski definition) is 0. The molecule has 0 saturated carbocycles. The van der Waals surface area contributed by atoms with Crippen molar-refractivity contribution in [1.82, 2.24) is 0 Å². The summed E-state index contributed by atoms with van der Waals surface area (Å²) in [4.78, 5) is 20.5. The predicted octanol–water partition coefficient (Wildman–Crippen LogP) is 5.84. The Hall–Kier alpha value is -4.06. The summed E-state index contributed by atoms with van der Waals surface area (Å²) in [5.74, 6) is 0. The highest BCUT2D eigenvalue weighted by Gasteiger charge is 2.03. The number of nitro groups is 2. The van der Waals surface area contributed by atoms with E-state index in [2.05, 4.69) is 0 Å². The highest BCUT2D eigenvalue weighted by atomic mass is 16.6. The summed E-state index contributed by atoms with van der Waals surface area (Å²) in [6.45, 7) is 0. The zero-order chi connectivity index (χ0) is 19.9. The van der Waals surface area contributed by atoms with Crippen molar-refractivity contribution in [2.24, 2.45) is 0 Å². The molecule has 3 aromatic rings. The molecule has 0 unspecified atom stereocenters. The van der Waals surface area contributed by atoms with Crippen molar-refractivity contribution in [3.05, 3.63) is 115 Å². The molecule has 0 amide bonds. The Labute approximate surface area is 161 Å². The second-order valence-electron chi connectivity index (χ2n) is 6.03. The van der Waals surface area contributed by atoms with Gasteiger partial charge in [0.2, 0.25) is 0 Å². The minimum Gasteiger partial charge on any atom is -0.258 e. The summed E-state index contributed by atoms with van der Waals surface area (Å²) in [6, 6.07) is 20.6. The second-order valence-corrected chi connectivity index (χ2v) is 6.03. The quantitative estimate of drug-likeness (QED) is 0.309. The van der Waals surface area contributed by atoms with Gasteiger partial charge in [-0.2, -0.15) is 0 Å². The van der Waals surface area contributed by atoms with Gasteiger partial charge < -0.3 is 0 Å². The summed E-state index contributed by atoms with van der Waals surface area (Å²) in [6.07, 6.45) is 7.66. The smallest absolute Gasteiger partial charge is 0.258 e. The van der Waals surface area contributed by atoms with Gasteiger partial charge in [-0.15, -0.1) is 0 Å². The number of rotatable bonds is 6. The topological polar surface area (TPSA) is 86.3 Å². The van der Waals surface area contributed by atoms with Crippen LogP contribution in [0.1, 0.15) is 22.3 Å². The minimum absolute atomic E-state index is 0.0707. The average Bonchev–Trinajstić information content (AvgIpc) is 2.72. The van der Waals surface area contributed by atoms with E-state index in [1.54, 1.807) is 24.3 Å². The minimum atomic E-state index is -0.420. The van der Waals surface area contributed by atoms with Gasteiger partial charge in [-0.05, 0) is 46.5 Å². The summed E-state index contributed by atoms with van der Waals surface area (Å²) in [7, 11) is 0. The van der Waals surface area contributed by atoms with Crippen LogP contribution in [0, 0.1) is 20.2 Å². The third-order valence-corrected chi connectivity index (χ3v) is 4.08. The number of hydrogen-bond acceptors (Lipinski definition) is 4. The van der Waals surface area contributed by atoms with Crippen LogP contribution >= 0.6 is 0 Å². The molecule has 0 aromatic heterocycles. The van der Waals surface area contributed by atoms with E-state index in [0.717, 1.165) is 22.3 Å². The maximum Gasteiger partial charge on any atom is 0.269 e. The van der Waals surface area contributed by atoms with Crippen molar-refractivity contribution in [3.8, 4) is 0 Å². The predicted molar refractivity (Wildman–Crippen MR) is 110 cm³/mol. The molecular weight excluding hydrogens is 356 g/mol. The molecule has 0 saturated heterocycles. The molecule has 0 bridgehead atoms. The van der Waals surface area contributed by atoms with E-state index in [0.29, 0.717) is 0 Å². The molecule has 6 heteroatoms. The fourth-order valence-corrected chi connectivity index (χ4v) is 2.52. The van der Waals surface area contributed by atoms with E-state index in [1.807, 2.05) is 48.6 Å². The Balaban J connectivity index is 1.64. The lowest BCUT2D eigenvalue weighted by molar-refractivity contribution is -0.385. The highest BCUT2D eigenvalue weighted by molar-refractivity contribution is 5.73. The number of nitrogens with zero attached hydrogens (tertiary/aromatic N) is 2. The van der Waals surface area contributed by atoms with Crippen LogP contribution in [0.15, 0.2) is 72.8 Å². The van der Waals surface area contributed by atoms with Gasteiger partial charge in [0, 0.05) is 24.3 Å². The molecule has 0 aliphatic rings. The van der Waals surface area contributed by atoms with E-state index < -0.39 is 9.85 Å². The lowest BCUT2D eigenvalue weighted by Crippen LogP contribution is -1.86.